The zero-order valence-electron chi connectivity index (χ0n) is 13.0. The summed E-state index contributed by atoms with van der Waals surface area (Å²) in [5.74, 6) is -1.42. The monoisotopic (exact) mass is 347 g/mol. The number of carboxylic acid groups (broad SMARTS) is 1. The number of aromatic nitrogens is 2. The number of fused-ring (bicyclic) bond motifs is 1. The van der Waals surface area contributed by atoms with Crippen LogP contribution in [0, 0.1) is 0 Å². The lowest BCUT2D eigenvalue weighted by molar-refractivity contribution is -0.148. The van der Waals surface area contributed by atoms with E-state index in [1.807, 2.05) is 18.2 Å². The summed E-state index contributed by atoms with van der Waals surface area (Å²) in [7, 11) is 0. The first-order valence-electron chi connectivity index (χ1n) is 7.88. The Kier molecular flexibility index (Phi) is 4.57. The molecule has 0 aliphatic heterocycles. The van der Waals surface area contributed by atoms with Crippen LogP contribution < -0.4 is 5.32 Å². The van der Waals surface area contributed by atoms with Crippen LogP contribution in [0.15, 0.2) is 30.5 Å². The van der Waals surface area contributed by atoms with Crippen molar-refractivity contribution in [3.8, 4) is 0 Å². The van der Waals surface area contributed by atoms with Crippen LogP contribution >= 0.6 is 11.6 Å². The molecule has 1 aliphatic rings. The quantitative estimate of drug-likeness (QED) is 0.833. The Labute approximate surface area is 144 Å². The number of pyridine rings is 1. The molecule has 2 heterocycles. The predicted octanol–water partition coefficient (Wildman–Crippen LogP) is 2.90. The zero-order chi connectivity index (χ0) is 17.2. The van der Waals surface area contributed by atoms with E-state index in [1.165, 1.54) is 6.08 Å². The number of carboxylic acids is 1. The van der Waals surface area contributed by atoms with Gasteiger partial charge in [-0.3, -0.25) is 9.20 Å². The van der Waals surface area contributed by atoms with Crippen LogP contribution in [0.4, 0.5) is 0 Å². The molecule has 24 heavy (non-hydrogen) atoms. The lowest BCUT2D eigenvalue weighted by Gasteiger charge is -2.33. The van der Waals surface area contributed by atoms with Gasteiger partial charge in [0, 0.05) is 12.3 Å². The van der Waals surface area contributed by atoms with E-state index in [-0.39, 0.29) is 5.15 Å². The zero-order valence-corrected chi connectivity index (χ0v) is 13.8. The van der Waals surface area contributed by atoms with Gasteiger partial charge in [-0.2, -0.15) is 0 Å². The maximum absolute atomic E-state index is 12.2. The lowest BCUT2D eigenvalue weighted by Crippen LogP contribution is -2.55. The summed E-state index contributed by atoms with van der Waals surface area (Å²) >= 11 is 6.11. The molecule has 1 saturated carbocycles. The Balaban J connectivity index is 1.79. The van der Waals surface area contributed by atoms with Crippen LogP contribution in [0.25, 0.3) is 11.7 Å². The third-order valence-electron chi connectivity index (χ3n) is 4.39. The second kappa shape index (κ2) is 6.65. The van der Waals surface area contributed by atoms with Gasteiger partial charge in [0.2, 0.25) is 5.91 Å². The van der Waals surface area contributed by atoms with Crippen molar-refractivity contribution in [2.75, 3.05) is 0 Å². The van der Waals surface area contributed by atoms with Crippen LogP contribution in [0.5, 0.6) is 0 Å². The summed E-state index contributed by atoms with van der Waals surface area (Å²) in [5, 5.41) is 12.5. The number of carbonyl (C=O) groups is 2. The summed E-state index contributed by atoms with van der Waals surface area (Å²) in [6.45, 7) is 0. The van der Waals surface area contributed by atoms with E-state index in [0.29, 0.717) is 24.2 Å². The SMILES string of the molecule is O=C(/C=C/c1c(Cl)nc2ccccn12)NC1(C(=O)O)CCCCC1. The number of rotatable bonds is 4. The second-order valence-electron chi connectivity index (χ2n) is 5.99. The van der Waals surface area contributed by atoms with E-state index < -0.39 is 17.4 Å². The minimum absolute atomic E-state index is 0.288. The van der Waals surface area contributed by atoms with Crippen LogP contribution in [-0.4, -0.2) is 31.9 Å². The Morgan fingerprint density at radius 3 is 2.75 bits per heavy atom. The van der Waals surface area contributed by atoms with Crippen molar-refractivity contribution in [3.05, 3.63) is 41.3 Å². The van der Waals surface area contributed by atoms with Crippen molar-refractivity contribution in [2.45, 2.75) is 37.6 Å². The maximum Gasteiger partial charge on any atom is 0.329 e. The minimum atomic E-state index is -1.16. The molecule has 0 bridgehead atoms. The van der Waals surface area contributed by atoms with Crippen molar-refractivity contribution in [3.63, 3.8) is 0 Å². The van der Waals surface area contributed by atoms with E-state index in [9.17, 15) is 14.7 Å². The molecule has 2 aromatic rings. The normalized spacial score (nSPS) is 17.2. The number of imidazole rings is 1. The van der Waals surface area contributed by atoms with Crippen molar-refractivity contribution in [2.24, 2.45) is 0 Å². The minimum Gasteiger partial charge on any atom is -0.480 e. The van der Waals surface area contributed by atoms with Crippen LogP contribution in [0.2, 0.25) is 5.15 Å². The Morgan fingerprint density at radius 1 is 1.29 bits per heavy atom. The number of nitrogens with one attached hydrogen (secondary N) is 1. The largest absolute Gasteiger partial charge is 0.480 e. The standard InChI is InChI=1S/C17H18ClN3O3/c18-15-12(21-11-5-2-6-13(21)19-15)7-8-14(22)20-17(16(23)24)9-3-1-4-10-17/h2,5-8,11H,1,3-4,9-10H2,(H,20,22)(H,23,24)/b8-7+. The summed E-state index contributed by atoms with van der Waals surface area (Å²) in [6.07, 6.45) is 8.17. The topological polar surface area (TPSA) is 83.7 Å². The van der Waals surface area contributed by atoms with E-state index in [1.54, 1.807) is 16.7 Å². The molecule has 7 heteroatoms. The number of hydrogen-bond donors (Lipinski definition) is 2. The van der Waals surface area contributed by atoms with Crippen molar-refractivity contribution in [1.29, 1.82) is 0 Å². The summed E-state index contributed by atoms with van der Waals surface area (Å²) in [4.78, 5) is 28.0. The third kappa shape index (κ3) is 3.14. The van der Waals surface area contributed by atoms with Crippen LogP contribution in [0.1, 0.15) is 37.8 Å². The number of nitrogens with zero attached hydrogens (tertiary/aromatic N) is 2. The highest BCUT2D eigenvalue weighted by atomic mass is 35.5. The molecule has 0 atom stereocenters. The molecule has 2 N–H and O–H groups in total. The molecule has 6 nitrogen and oxygen atoms in total. The van der Waals surface area contributed by atoms with Gasteiger partial charge in [0.1, 0.15) is 11.2 Å². The molecule has 1 fully saturated rings. The van der Waals surface area contributed by atoms with E-state index >= 15 is 0 Å². The van der Waals surface area contributed by atoms with E-state index in [4.69, 9.17) is 11.6 Å². The van der Waals surface area contributed by atoms with Crippen molar-refractivity contribution >= 4 is 35.2 Å². The molecule has 0 spiro atoms. The third-order valence-corrected chi connectivity index (χ3v) is 4.67. The Morgan fingerprint density at radius 2 is 2.04 bits per heavy atom. The Bertz CT molecular complexity index is 807. The molecule has 3 rings (SSSR count). The first-order valence-corrected chi connectivity index (χ1v) is 8.26. The average molecular weight is 348 g/mol. The van der Waals surface area contributed by atoms with Crippen LogP contribution in [0.3, 0.4) is 0 Å². The van der Waals surface area contributed by atoms with Gasteiger partial charge in [-0.1, -0.05) is 36.9 Å². The predicted molar refractivity (Wildman–Crippen MR) is 90.8 cm³/mol. The van der Waals surface area contributed by atoms with Gasteiger partial charge < -0.3 is 10.4 Å². The summed E-state index contributed by atoms with van der Waals surface area (Å²) < 4.78 is 1.76. The highest BCUT2D eigenvalue weighted by Crippen LogP contribution is 2.28. The molecule has 1 amide bonds. The molecule has 0 radical (unpaired) electrons. The van der Waals surface area contributed by atoms with Gasteiger partial charge in [0.25, 0.3) is 0 Å². The number of halogens is 1. The second-order valence-corrected chi connectivity index (χ2v) is 6.35. The first kappa shape index (κ1) is 16.5. The number of aliphatic carboxylic acids is 1. The van der Waals surface area contributed by atoms with E-state index in [2.05, 4.69) is 10.3 Å². The molecular formula is C17H18ClN3O3. The fourth-order valence-electron chi connectivity index (χ4n) is 3.11. The van der Waals surface area contributed by atoms with Crippen molar-refractivity contribution in [1.82, 2.24) is 14.7 Å². The molecule has 126 valence electrons. The average Bonchev–Trinajstić information content (AvgIpc) is 2.89. The summed E-state index contributed by atoms with van der Waals surface area (Å²) in [5.41, 5.74) is 0.0930. The molecule has 2 aromatic heterocycles. The van der Waals surface area contributed by atoms with Gasteiger partial charge in [-0.15, -0.1) is 0 Å². The lowest BCUT2D eigenvalue weighted by atomic mass is 9.81. The van der Waals surface area contributed by atoms with Crippen LogP contribution in [-0.2, 0) is 9.59 Å². The number of hydrogen-bond acceptors (Lipinski definition) is 3. The molecule has 0 unspecified atom stereocenters. The van der Waals surface area contributed by atoms with Gasteiger partial charge in [-0.25, -0.2) is 9.78 Å². The Hall–Kier alpha value is -2.34. The van der Waals surface area contributed by atoms with Gasteiger partial charge in [0.05, 0.1) is 5.69 Å². The van der Waals surface area contributed by atoms with Gasteiger partial charge in [-0.05, 0) is 31.1 Å². The molecule has 1 aliphatic carbocycles. The fourth-order valence-corrected chi connectivity index (χ4v) is 3.36. The molecule has 0 aromatic carbocycles. The fraction of sp³-hybridized carbons (Fsp3) is 0.353. The van der Waals surface area contributed by atoms with Gasteiger partial charge >= 0.3 is 5.97 Å². The van der Waals surface area contributed by atoms with Gasteiger partial charge in [0.15, 0.2) is 5.15 Å². The molecule has 0 saturated heterocycles. The summed E-state index contributed by atoms with van der Waals surface area (Å²) in [6, 6.07) is 5.49. The maximum atomic E-state index is 12.2. The van der Waals surface area contributed by atoms with Crippen molar-refractivity contribution < 1.29 is 14.7 Å². The number of carbonyl (C=O) groups excluding carboxylic acids is 1. The highest BCUT2D eigenvalue weighted by molar-refractivity contribution is 6.31. The molecular weight excluding hydrogens is 330 g/mol. The number of amides is 1. The smallest absolute Gasteiger partial charge is 0.329 e. The first-order chi connectivity index (χ1) is 11.5. The highest BCUT2D eigenvalue weighted by Gasteiger charge is 2.40. The van der Waals surface area contributed by atoms with E-state index in [0.717, 1.165) is 19.3 Å².